The van der Waals surface area contributed by atoms with Gasteiger partial charge in [0.15, 0.2) is 0 Å². The Morgan fingerprint density at radius 3 is 2.93 bits per heavy atom. The lowest BCUT2D eigenvalue weighted by Gasteiger charge is -2.31. The molecule has 0 saturated heterocycles. The second-order valence-electron chi connectivity index (χ2n) is 3.44. The van der Waals surface area contributed by atoms with Crippen molar-refractivity contribution in [2.24, 2.45) is 0 Å². The predicted octanol–water partition coefficient (Wildman–Crippen LogP) is 2.09. The van der Waals surface area contributed by atoms with Crippen molar-refractivity contribution in [3.05, 3.63) is 36.4 Å². The highest BCUT2D eigenvalue weighted by Gasteiger charge is 2.19. The van der Waals surface area contributed by atoms with Crippen LogP contribution < -0.4 is 10.4 Å². The summed E-state index contributed by atoms with van der Waals surface area (Å²) < 4.78 is 0. The minimum atomic E-state index is -1.04. The SMILES string of the molecule is C=C1CCN(NC(=O)O)c2ccccc21. The largest absolute Gasteiger partial charge is 0.464 e. The summed E-state index contributed by atoms with van der Waals surface area (Å²) in [7, 11) is 0. The molecular weight excluding hydrogens is 192 g/mol. The minimum absolute atomic E-state index is 0.627. The highest BCUT2D eigenvalue weighted by Crippen LogP contribution is 2.31. The highest BCUT2D eigenvalue weighted by atomic mass is 16.4. The molecule has 0 aliphatic carbocycles. The number of carboxylic acid groups (broad SMARTS) is 1. The summed E-state index contributed by atoms with van der Waals surface area (Å²) in [5.74, 6) is 0. The maximum absolute atomic E-state index is 10.6. The Balaban J connectivity index is 2.36. The van der Waals surface area contributed by atoms with Crippen LogP contribution in [0.15, 0.2) is 30.8 Å². The zero-order valence-electron chi connectivity index (χ0n) is 8.23. The number of anilines is 1. The number of benzene rings is 1. The van der Waals surface area contributed by atoms with Crippen LogP contribution in [0.4, 0.5) is 10.5 Å². The van der Waals surface area contributed by atoms with Gasteiger partial charge < -0.3 is 5.11 Å². The van der Waals surface area contributed by atoms with E-state index in [0.29, 0.717) is 6.54 Å². The van der Waals surface area contributed by atoms with Gasteiger partial charge in [-0.1, -0.05) is 24.8 Å². The summed E-state index contributed by atoms with van der Waals surface area (Å²) in [6.45, 7) is 4.59. The number of nitrogens with one attached hydrogen (secondary N) is 1. The van der Waals surface area contributed by atoms with E-state index in [0.717, 1.165) is 23.2 Å². The maximum Gasteiger partial charge on any atom is 0.423 e. The van der Waals surface area contributed by atoms with Gasteiger partial charge in [-0.25, -0.2) is 10.2 Å². The molecule has 0 atom stereocenters. The van der Waals surface area contributed by atoms with E-state index in [1.54, 1.807) is 5.01 Å². The summed E-state index contributed by atoms with van der Waals surface area (Å²) in [5, 5.41) is 10.3. The third-order valence-corrected chi connectivity index (χ3v) is 2.44. The van der Waals surface area contributed by atoms with Crippen LogP contribution in [0.2, 0.25) is 0 Å². The predicted molar refractivity (Wildman–Crippen MR) is 58.6 cm³/mol. The number of carbonyl (C=O) groups is 1. The average Bonchev–Trinajstić information content (AvgIpc) is 2.22. The fourth-order valence-corrected chi connectivity index (χ4v) is 1.74. The second-order valence-corrected chi connectivity index (χ2v) is 3.44. The van der Waals surface area contributed by atoms with Crippen molar-refractivity contribution in [2.45, 2.75) is 6.42 Å². The first-order valence-corrected chi connectivity index (χ1v) is 4.73. The number of hydrazine groups is 1. The van der Waals surface area contributed by atoms with Crippen LogP contribution in [0.5, 0.6) is 0 Å². The van der Waals surface area contributed by atoms with E-state index in [9.17, 15) is 4.79 Å². The van der Waals surface area contributed by atoms with E-state index in [-0.39, 0.29) is 0 Å². The van der Waals surface area contributed by atoms with Crippen LogP contribution >= 0.6 is 0 Å². The molecule has 0 radical (unpaired) electrons. The molecule has 0 unspecified atom stereocenters. The van der Waals surface area contributed by atoms with Crippen molar-refractivity contribution < 1.29 is 9.90 Å². The summed E-state index contributed by atoms with van der Waals surface area (Å²) in [5.41, 5.74) is 5.30. The monoisotopic (exact) mass is 204 g/mol. The molecule has 0 aromatic heterocycles. The van der Waals surface area contributed by atoms with Crippen LogP contribution in [0.25, 0.3) is 5.57 Å². The number of hydrogen-bond acceptors (Lipinski definition) is 2. The molecule has 2 N–H and O–H groups in total. The van der Waals surface area contributed by atoms with Gasteiger partial charge in [0.05, 0.1) is 5.69 Å². The molecule has 0 saturated carbocycles. The molecule has 1 aliphatic heterocycles. The fourth-order valence-electron chi connectivity index (χ4n) is 1.74. The zero-order chi connectivity index (χ0) is 10.8. The molecule has 1 aromatic rings. The molecule has 4 nitrogen and oxygen atoms in total. The Labute approximate surface area is 87.8 Å². The standard InChI is InChI=1S/C11H12N2O2/c1-8-6-7-13(12-11(14)15)10-5-3-2-4-9(8)10/h2-5,12H,1,6-7H2,(H,14,15). The van der Waals surface area contributed by atoms with Gasteiger partial charge in [-0.15, -0.1) is 0 Å². The first kappa shape index (κ1) is 9.58. The van der Waals surface area contributed by atoms with Gasteiger partial charge in [0.25, 0.3) is 0 Å². The van der Waals surface area contributed by atoms with E-state index in [1.807, 2.05) is 24.3 Å². The summed E-state index contributed by atoms with van der Waals surface area (Å²) >= 11 is 0. The van der Waals surface area contributed by atoms with Crippen LogP contribution in [-0.4, -0.2) is 17.7 Å². The van der Waals surface area contributed by atoms with E-state index in [1.165, 1.54) is 0 Å². The van der Waals surface area contributed by atoms with E-state index in [4.69, 9.17) is 5.11 Å². The molecule has 1 aromatic carbocycles. The molecule has 1 aliphatic rings. The molecule has 78 valence electrons. The summed E-state index contributed by atoms with van der Waals surface area (Å²) in [4.78, 5) is 10.6. The van der Waals surface area contributed by atoms with Crippen LogP contribution in [-0.2, 0) is 0 Å². The van der Waals surface area contributed by atoms with Crippen molar-refractivity contribution in [1.82, 2.24) is 5.43 Å². The van der Waals surface area contributed by atoms with Crippen molar-refractivity contribution in [3.8, 4) is 0 Å². The van der Waals surface area contributed by atoms with Gasteiger partial charge in [-0.3, -0.25) is 5.01 Å². The molecule has 2 rings (SSSR count). The van der Waals surface area contributed by atoms with Crippen molar-refractivity contribution in [1.29, 1.82) is 0 Å². The van der Waals surface area contributed by atoms with Crippen LogP contribution in [0, 0.1) is 0 Å². The molecular formula is C11H12N2O2. The molecule has 15 heavy (non-hydrogen) atoms. The molecule has 0 fully saturated rings. The van der Waals surface area contributed by atoms with Crippen LogP contribution in [0.3, 0.4) is 0 Å². The van der Waals surface area contributed by atoms with Gasteiger partial charge in [-0.05, 0) is 18.1 Å². The maximum atomic E-state index is 10.6. The molecule has 4 heteroatoms. The summed E-state index contributed by atoms with van der Waals surface area (Å²) in [6, 6.07) is 7.64. The lowest BCUT2D eigenvalue weighted by atomic mass is 9.98. The van der Waals surface area contributed by atoms with Crippen molar-refractivity contribution >= 4 is 17.4 Å². The smallest absolute Gasteiger partial charge is 0.423 e. The lowest BCUT2D eigenvalue weighted by molar-refractivity contribution is 0.193. The zero-order valence-corrected chi connectivity index (χ0v) is 8.23. The van der Waals surface area contributed by atoms with Crippen LogP contribution in [0.1, 0.15) is 12.0 Å². The Morgan fingerprint density at radius 1 is 1.47 bits per heavy atom. The normalized spacial score (nSPS) is 14.7. The highest BCUT2D eigenvalue weighted by molar-refractivity contribution is 5.80. The fraction of sp³-hybridized carbons (Fsp3) is 0.182. The number of fused-ring (bicyclic) bond motifs is 1. The van der Waals surface area contributed by atoms with Gasteiger partial charge in [-0.2, -0.15) is 0 Å². The second kappa shape index (κ2) is 3.65. The van der Waals surface area contributed by atoms with E-state index in [2.05, 4.69) is 12.0 Å². The third-order valence-electron chi connectivity index (χ3n) is 2.44. The molecule has 1 amide bonds. The Hall–Kier alpha value is -1.97. The van der Waals surface area contributed by atoms with Gasteiger partial charge >= 0.3 is 6.09 Å². The minimum Gasteiger partial charge on any atom is -0.464 e. The average molecular weight is 204 g/mol. The third kappa shape index (κ3) is 1.79. The quantitative estimate of drug-likeness (QED) is 0.736. The van der Waals surface area contributed by atoms with E-state index >= 15 is 0 Å². The lowest BCUT2D eigenvalue weighted by Crippen LogP contribution is -2.44. The number of rotatable bonds is 1. The number of para-hydroxylation sites is 1. The molecule has 1 heterocycles. The number of amides is 1. The topological polar surface area (TPSA) is 52.6 Å². The Bertz CT molecular complexity index is 415. The van der Waals surface area contributed by atoms with Crippen molar-refractivity contribution in [2.75, 3.05) is 11.6 Å². The molecule has 0 spiro atoms. The van der Waals surface area contributed by atoms with Gasteiger partial charge in [0.1, 0.15) is 0 Å². The van der Waals surface area contributed by atoms with Gasteiger partial charge in [0, 0.05) is 12.1 Å². The number of hydrogen-bond donors (Lipinski definition) is 2. The van der Waals surface area contributed by atoms with Crippen molar-refractivity contribution in [3.63, 3.8) is 0 Å². The van der Waals surface area contributed by atoms with Gasteiger partial charge in [0.2, 0.25) is 0 Å². The Kier molecular flexibility index (Phi) is 2.33. The first-order chi connectivity index (χ1) is 7.18. The number of nitrogens with zero attached hydrogens (tertiary/aromatic N) is 1. The first-order valence-electron chi connectivity index (χ1n) is 4.73. The van der Waals surface area contributed by atoms with E-state index < -0.39 is 6.09 Å². The Morgan fingerprint density at radius 2 is 2.20 bits per heavy atom. The summed E-state index contributed by atoms with van der Waals surface area (Å²) in [6.07, 6.45) is -0.269. The molecule has 0 bridgehead atoms.